The lowest BCUT2D eigenvalue weighted by molar-refractivity contribution is -0.138. The quantitative estimate of drug-likeness (QED) is 0.819. The molecule has 0 saturated heterocycles. The Balaban J connectivity index is 2.91. The van der Waals surface area contributed by atoms with Crippen LogP contribution >= 0.6 is 11.8 Å². The zero-order valence-electron chi connectivity index (χ0n) is 12.0. The predicted molar refractivity (Wildman–Crippen MR) is 77.8 cm³/mol. The smallest absolute Gasteiger partial charge is 0.309 e. The molecule has 20 heavy (non-hydrogen) atoms. The molecular formula is C14H21F3N2S. The molecule has 6 heteroatoms. The van der Waals surface area contributed by atoms with Crippen LogP contribution in [-0.4, -0.2) is 23.0 Å². The molecule has 0 radical (unpaired) electrons. The number of aromatic nitrogens is 1. The summed E-state index contributed by atoms with van der Waals surface area (Å²) in [4.78, 5) is 3.86. The van der Waals surface area contributed by atoms with E-state index in [2.05, 4.69) is 24.1 Å². The molecule has 1 aromatic rings. The number of rotatable bonds is 7. The van der Waals surface area contributed by atoms with Crippen LogP contribution in [0, 0.1) is 5.92 Å². The van der Waals surface area contributed by atoms with Crippen molar-refractivity contribution in [2.24, 2.45) is 5.92 Å². The molecule has 0 aromatic carbocycles. The zero-order valence-corrected chi connectivity index (χ0v) is 12.8. The maximum absolute atomic E-state index is 13.0. The highest BCUT2D eigenvalue weighted by Gasteiger charge is 2.35. The van der Waals surface area contributed by atoms with Gasteiger partial charge in [-0.3, -0.25) is 4.98 Å². The first-order valence-electron chi connectivity index (χ1n) is 6.68. The van der Waals surface area contributed by atoms with Crippen LogP contribution in [0.4, 0.5) is 13.2 Å². The molecule has 0 aliphatic carbocycles. The molecule has 1 unspecified atom stereocenters. The van der Waals surface area contributed by atoms with Crippen molar-refractivity contribution in [2.45, 2.75) is 33.0 Å². The predicted octanol–water partition coefficient (Wildman–Crippen LogP) is 4.14. The van der Waals surface area contributed by atoms with Crippen molar-refractivity contribution in [2.75, 3.05) is 18.1 Å². The van der Waals surface area contributed by atoms with Crippen LogP contribution < -0.4 is 5.32 Å². The van der Waals surface area contributed by atoms with E-state index in [1.54, 1.807) is 11.8 Å². The highest BCUT2D eigenvalue weighted by atomic mass is 32.2. The van der Waals surface area contributed by atoms with Gasteiger partial charge in [0.1, 0.15) is 0 Å². The van der Waals surface area contributed by atoms with Crippen molar-refractivity contribution in [3.8, 4) is 0 Å². The number of pyridine rings is 1. The molecule has 0 spiro atoms. The van der Waals surface area contributed by atoms with Crippen molar-refractivity contribution in [3.05, 3.63) is 29.6 Å². The number of thioether (sulfide) groups is 1. The Morgan fingerprint density at radius 1 is 1.30 bits per heavy atom. The van der Waals surface area contributed by atoms with Crippen LogP contribution in [-0.2, 0) is 6.18 Å². The summed E-state index contributed by atoms with van der Waals surface area (Å²) in [7, 11) is 0. The van der Waals surface area contributed by atoms with E-state index >= 15 is 0 Å². The Morgan fingerprint density at radius 2 is 2.00 bits per heavy atom. The number of nitrogens with one attached hydrogen (secondary N) is 1. The molecular weight excluding hydrogens is 285 g/mol. The maximum atomic E-state index is 13.0. The number of hydrogen-bond acceptors (Lipinski definition) is 3. The number of halogens is 3. The van der Waals surface area contributed by atoms with Gasteiger partial charge in [-0.15, -0.1) is 0 Å². The molecule has 1 atom stereocenters. The van der Waals surface area contributed by atoms with Gasteiger partial charge in [-0.2, -0.15) is 24.9 Å². The summed E-state index contributed by atoms with van der Waals surface area (Å²) in [5, 5.41) is 3.12. The summed E-state index contributed by atoms with van der Waals surface area (Å²) in [5.41, 5.74) is -0.360. The van der Waals surface area contributed by atoms with Crippen molar-refractivity contribution in [3.63, 3.8) is 0 Å². The van der Waals surface area contributed by atoms with Gasteiger partial charge in [-0.25, -0.2) is 0 Å². The van der Waals surface area contributed by atoms with E-state index < -0.39 is 11.7 Å². The SMILES string of the molecule is CCNC(CSCC(C)C)c1cnccc1C(F)(F)F. The highest BCUT2D eigenvalue weighted by Crippen LogP contribution is 2.35. The van der Waals surface area contributed by atoms with E-state index in [1.807, 2.05) is 6.92 Å². The maximum Gasteiger partial charge on any atom is 0.416 e. The second-order valence-electron chi connectivity index (χ2n) is 5.00. The monoisotopic (exact) mass is 306 g/mol. The largest absolute Gasteiger partial charge is 0.416 e. The van der Waals surface area contributed by atoms with E-state index in [9.17, 15) is 13.2 Å². The Hall–Kier alpha value is -0.750. The summed E-state index contributed by atoms with van der Waals surface area (Å²) >= 11 is 1.67. The molecule has 0 fully saturated rings. The fourth-order valence-corrected chi connectivity index (χ4v) is 3.01. The third-order valence-corrected chi connectivity index (χ3v) is 4.19. The number of hydrogen-bond donors (Lipinski definition) is 1. The van der Waals surface area contributed by atoms with Gasteiger partial charge in [0, 0.05) is 29.8 Å². The Bertz CT molecular complexity index is 408. The van der Waals surface area contributed by atoms with Gasteiger partial charge in [0.15, 0.2) is 0 Å². The van der Waals surface area contributed by atoms with Gasteiger partial charge < -0.3 is 5.32 Å². The molecule has 0 aliphatic rings. The minimum atomic E-state index is -4.34. The molecule has 1 rings (SSSR count). The third kappa shape index (κ3) is 5.32. The van der Waals surface area contributed by atoms with Crippen molar-refractivity contribution in [1.29, 1.82) is 0 Å². The van der Waals surface area contributed by atoms with Crippen molar-refractivity contribution >= 4 is 11.8 Å². The second kappa shape index (κ2) is 7.88. The molecule has 1 N–H and O–H groups in total. The second-order valence-corrected chi connectivity index (χ2v) is 6.08. The molecule has 2 nitrogen and oxygen atoms in total. The van der Waals surface area contributed by atoms with E-state index in [0.717, 1.165) is 11.8 Å². The number of alkyl halides is 3. The lowest BCUT2D eigenvalue weighted by atomic mass is 10.0. The third-order valence-electron chi connectivity index (χ3n) is 2.72. The first-order valence-corrected chi connectivity index (χ1v) is 7.84. The van der Waals surface area contributed by atoms with Gasteiger partial charge in [0.25, 0.3) is 0 Å². The van der Waals surface area contributed by atoms with Crippen LogP contribution in [0.15, 0.2) is 18.5 Å². The Morgan fingerprint density at radius 3 is 2.55 bits per heavy atom. The molecule has 114 valence electrons. The minimum Gasteiger partial charge on any atom is -0.309 e. The molecule has 0 aliphatic heterocycles. The average molecular weight is 306 g/mol. The Kier molecular flexibility index (Phi) is 6.82. The lowest BCUT2D eigenvalue weighted by Crippen LogP contribution is -2.26. The first-order chi connectivity index (χ1) is 9.36. The van der Waals surface area contributed by atoms with Gasteiger partial charge in [0.2, 0.25) is 0 Å². The summed E-state index contributed by atoms with van der Waals surface area (Å²) in [6.07, 6.45) is -1.82. The average Bonchev–Trinajstić information content (AvgIpc) is 2.36. The van der Waals surface area contributed by atoms with Crippen LogP contribution in [0.3, 0.4) is 0 Å². The summed E-state index contributed by atoms with van der Waals surface area (Å²) in [6.45, 7) is 6.71. The van der Waals surface area contributed by atoms with E-state index in [0.29, 0.717) is 18.2 Å². The first kappa shape index (κ1) is 17.3. The fraction of sp³-hybridized carbons (Fsp3) is 0.643. The Labute approximate surface area is 122 Å². The van der Waals surface area contributed by atoms with Crippen LogP contribution in [0.25, 0.3) is 0 Å². The van der Waals surface area contributed by atoms with E-state index in [1.165, 1.54) is 12.4 Å². The zero-order chi connectivity index (χ0) is 15.2. The van der Waals surface area contributed by atoms with Gasteiger partial charge >= 0.3 is 6.18 Å². The summed E-state index contributed by atoms with van der Waals surface area (Å²) in [6, 6.07) is 0.723. The summed E-state index contributed by atoms with van der Waals surface area (Å²) in [5.74, 6) is 2.07. The minimum absolute atomic E-state index is 0.234. The molecule has 0 bridgehead atoms. The summed E-state index contributed by atoms with van der Waals surface area (Å²) < 4.78 is 39.1. The van der Waals surface area contributed by atoms with Crippen LogP contribution in [0.5, 0.6) is 0 Å². The van der Waals surface area contributed by atoms with Crippen LogP contribution in [0.1, 0.15) is 37.9 Å². The van der Waals surface area contributed by atoms with Crippen molar-refractivity contribution in [1.82, 2.24) is 10.3 Å². The van der Waals surface area contributed by atoms with Gasteiger partial charge in [-0.05, 0) is 24.3 Å². The highest BCUT2D eigenvalue weighted by molar-refractivity contribution is 7.99. The van der Waals surface area contributed by atoms with E-state index in [4.69, 9.17) is 0 Å². The van der Waals surface area contributed by atoms with Gasteiger partial charge in [0.05, 0.1) is 5.56 Å². The lowest BCUT2D eigenvalue weighted by Gasteiger charge is -2.22. The van der Waals surface area contributed by atoms with Gasteiger partial charge in [-0.1, -0.05) is 20.8 Å². The molecule has 1 aromatic heterocycles. The van der Waals surface area contributed by atoms with E-state index in [-0.39, 0.29) is 11.6 Å². The molecule has 0 amide bonds. The van der Waals surface area contributed by atoms with Crippen molar-refractivity contribution < 1.29 is 13.2 Å². The topological polar surface area (TPSA) is 24.9 Å². The molecule has 0 saturated carbocycles. The normalized spacial score (nSPS) is 13.8. The number of nitrogens with zero attached hydrogens (tertiary/aromatic N) is 1. The fourth-order valence-electron chi connectivity index (χ4n) is 1.87. The van der Waals surface area contributed by atoms with Crippen LogP contribution in [0.2, 0.25) is 0 Å². The molecule has 1 heterocycles. The standard InChI is InChI=1S/C14H21F3N2S/c1-4-19-13(9-20-8-10(2)3)11-7-18-6-5-12(11)14(15,16)17/h5-7,10,13,19H,4,8-9H2,1-3H3.